The molecule has 0 aliphatic heterocycles. The van der Waals surface area contributed by atoms with Crippen LogP contribution in [-0.2, 0) is 4.79 Å². The van der Waals surface area contributed by atoms with Gasteiger partial charge in [-0.15, -0.1) is 0 Å². The van der Waals surface area contributed by atoms with Crippen molar-refractivity contribution in [3.05, 3.63) is 63.7 Å². The van der Waals surface area contributed by atoms with E-state index < -0.39 is 0 Å². The standard InChI is InChI=1S/C17H15ClO2/c18-14-5-1-11(2-6-14)9-13-4-3-12-10-15(19)7-8-16(12)17(13)20/h1-6,9,15,19H,7-8,10H2. The second kappa shape index (κ2) is 5.39. The van der Waals surface area contributed by atoms with Gasteiger partial charge >= 0.3 is 0 Å². The number of carbonyl (C=O) groups is 1. The van der Waals surface area contributed by atoms with Crippen molar-refractivity contribution in [3.63, 3.8) is 0 Å². The Morgan fingerprint density at radius 2 is 1.95 bits per heavy atom. The molecule has 0 radical (unpaired) electrons. The molecule has 0 saturated heterocycles. The third-order valence-electron chi connectivity index (χ3n) is 3.76. The fraction of sp³-hybridized carbons (Fsp3) is 0.235. The second-order valence-corrected chi connectivity index (χ2v) is 5.65. The SMILES string of the molecule is O=C1C(=Cc2ccc(Cl)cc2)C=CC2=C1CCC(O)C2. The molecule has 0 amide bonds. The van der Waals surface area contributed by atoms with Gasteiger partial charge in [0.1, 0.15) is 0 Å². The van der Waals surface area contributed by atoms with E-state index in [1.165, 1.54) is 0 Å². The van der Waals surface area contributed by atoms with E-state index in [4.69, 9.17) is 11.6 Å². The summed E-state index contributed by atoms with van der Waals surface area (Å²) in [4.78, 5) is 12.5. The van der Waals surface area contributed by atoms with Crippen LogP contribution >= 0.6 is 11.6 Å². The molecule has 0 heterocycles. The van der Waals surface area contributed by atoms with Crippen LogP contribution in [0.1, 0.15) is 24.8 Å². The molecule has 1 unspecified atom stereocenters. The average Bonchev–Trinajstić information content (AvgIpc) is 2.44. The number of ketones is 1. The zero-order valence-corrected chi connectivity index (χ0v) is 11.7. The Kier molecular flexibility index (Phi) is 3.60. The summed E-state index contributed by atoms with van der Waals surface area (Å²) in [6.45, 7) is 0. The Morgan fingerprint density at radius 3 is 2.70 bits per heavy atom. The molecule has 3 heteroatoms. The van der Waals surface area contributed by atoms with Crippen molar-refractivity contribution in [1.82, 2.24) is 0 Å². The Hall–Kier alpha value is -1.64. The first kappa shape index (κ1) is 13.3. The van der Waals surface area contributed by atoms with E-state index in [9.17, 15) is 9.90 Å². The number of hydrogen-bond acceptors (Lipinski definition) is 2. The molecule has 1 aromatic rings. The van der Waals surface area contributed by atoms with Crippen LogP contribution in [0.25, 0.3) is 6.08 Å². The summed E-state index contributed by atoms with van der Waals surface area (Å²) in [6, 6.07) is 7.41. The highest BCUT2D eigenvalue weighted by Crippen LogP contribution is 2.32. The number of hydrogen-bond donors (Lipinski definition) is 1. The van der Waals surface area contributed by atoms with E-state index in [0.29, 0.717) is 29.9 Å². The summed E-state index contributed by atoms with van der Waals surface area (Å²) in [5.74, 6) is 0.0874. The first-order valence-electron chi connectivity index (χ1n) is 6.73. The van der Waals surface area contributed by atoms with Crippen LogP contribution in [-0.4, -0.2) is 17.0 Å². The Morgan fingerprint density at radius 1 is 1.20 bits per heavy atom. The molecular formula is C17H15ClO2. The fourth-order valence-electron chi connectivity index (χ4n) is 2.67. The monoisotopic (exact) mass is 286 g/mol. The first-order chi connectivity index (χ1) is 9.63. The maximum Gasteiger partial charge on any atom is 0.189 e. The topological polar surface area (TPSA) is 37.3 Å². The highest BCUT2D eigenvalue weighted by atomic mass is 35.5. The van der Waals surface area contributed by atoms with Crippen molar-refractivity contribution in [2.75, 3.05) is 0 Å². The molecule has 0 fully saturated rings. The largest absolute Gasteiger partial charge is 0.393 e. The van der Waals surface area contributed by atoms with Crippen molar-refractivity contribution in [1.29, 1.82) is 0 Å². The van der Waals surface area contributed by atoms with Crippen molar-refractivity contribution >= 4 is 23.5 Å². The van der Waals surface area contributed by atoms with E-state index in [-0.39, 0.29) is 11.9 Å². The molecular weight excluding hydrogens is 272 g/mol. The molecule has 2 aliphatic carbocycles. The number of allylic oxidation sites excluding steroid dienone is 4. The van der Waals surface area contributed by atoms with Gasteiger partial charge in [0.15, 0.2) is 5.78 Å². The summed E-state index contributed by atoms with van der Waals surface area (Å²) in [5.41, 5.74) is 3.50. The van der Waals surface area contributed by atoms with Crippen LogP contribution in [0, 0.1) is 0 Å². The Labute approximate surface area is 123 Å². The predicted molar refractivity (Wildman–Crippen MR) is 80.5 cm³/mol. The number of aliphatic hydroxyl groups excluding tert-OH is 1. The van der Waals surface area contributed by atoms with E-state index >= 15 is 0 Å². The molecule has 1 aromatic carbocycles. The van der Waals surface area contributed by atoms with Gasteiger partial charge in [-0.1, -0.05) is 35.9 Å². The van der Waals surface area contributed by atoms with Gasteiger partial charge in [0.05, 0.1) is 6.10 Å². The maximum atomic E-state index is 12.5. The summed E-state index contributed by atoms with van der Waals surface area (Å²) in [6.07, 6.45) is 7.29. The summed E-state index contributed by atoms with van der Waals surface area (Å²) in [7, 11) is 0. The fourth-order valence-corrected chi connectivity index (χ4v) is 2.80. The van der Waals surface area contributed by atoms with E-state index in [2.05, 4.69) is 0 Å². The minimum absolute atomic E-state index is 0.0874. The lowest BCUT2D eigenvalue weighted by Crippen LogP contribution is -2.21. The second-order valence-electron chi connectivity index (χ2n) is 5.21. The molecule has 2 nitrogen and oxygen atoms in total. The lowest BCUT2D eigenvalue weighted by atomic mass is 9.81. The molecule has 1 atom stereocenters. The molecule has 0 spiro atoms. The lowest BCUT2D eigenvalue weighted by Gasteiger charge is -2.24. The van der Waals surface area contributed by atoms with E-state index in [1.807, 2.05) is 42.5 Å². The normalized spacial score (nSPS) is 24.2. The van der Waals surface area contributed by atoms with Crippen molar-refractivity contribution in [3.8, 4) is 0 Å². The number of carbonyl (C=O) groups excluding carboxylic acids is 1. The van der Waals surface area contributed by atoms with Gasteiger partial charge in [-0.3, -0.25) is 4.79 Å². The maximum absolute atomic E-state index is 12.5. The minimum atomic E-state index is -0.312. The van der Waals surface area contributed by atoms with E-state index in [0.717, 1.165) is 16.7 Å². The first-order valence-corrected chi connectivity index (χ1v) is 7.11. The van der Waals surface area contributed by atoms with Gasteiger partial charge in [-0.2, -0.15) is 0 Å². The van der Waals surface area contributed by atoms with Gasteiger partial charge in [0.2, 0.25) is 0 Å². The van der Waals surface area contributed by atoms with Crippen LogP contribution in [0.4, 0.5) is 0 Å². The molecule has 0 saturated carbocycles. The average molecular weight is 287 g/mol. The van der Waals surface area contributed by atoms with Crippen LogP contribution in [0.5, 0.6) is 0 Å². The zero-order chi connectivity index (χ0) is 14.1. The zero-order valence-electron chi connectivity index (χ0n) is 11.0. The van der Waals surface area contributed by atoms with E-state index in [1.54, 1.807) is 0 Å². The van der Waals surface area contributed by atoms with Crippen LogP contribution in [0.2, 0.25) is 5.02 Å². The van der Waals surface area contributed by atoms with Gasteiger partial charge in [-0.25, -0.2) is 0 Å². The highest BCUT2D eigenvalue weighted by Gasteiger charge is 2.26. The lowest BCUT2D eigenvalue weighted by molar-refractivity contribution is -0.112. The molecule has 0 bridgehead atoms. The smallest absolute Gasteiger partial charge is 0.189 e. The quantitative estimate of drug-likeness (QED) is 0.799. The molecule has 20 heavy (non-hydrogen) atoms. The number of halogens is 1. The van der Waals surface area contributed by atoms with Gasteiger partial charge in [0.25, 0.3) is 0 Å². The van der Waals surface area contributed by atoms with Crippen LogP contribution < -0.4 is 0 Å². The van der Waals surface area contributed by atoms with Gasteiger partial charge in [0, 0.05) is 16.2 Å². The third-order valence-corrected chi connectivity index (χ3v) is 4.02. The summed E-state index contributed by atoms with van der Waals surface area (Å²) < 4.78 is 0. The summed E-state index contributed by atoms with van der Waals surface area (Å²) >= 11 is 5.86. The molecule has 3 rings (SSSR count). The molecule has 1 N–H and O–H groups in total. The molecule has 0 aromatic heterocycles. The molecule has 102 valence electrons. The van der Waals surface area contributed by atoms with Gasteiger partial charge in [-0.05, 0) is 48.6 Å². The number of aliphatic hydroxyl groups is 1. The highest BCUT2D eigenvalue weighted by molar-refractivity contribution is 6.30. The number of benzene rings is 1. The summed E-state index contributed by atoms with van der Waals surface area (Å²) in [5, 5.41) is 10.3. The molecule has 2 aliphatic rings. The van der Waals surface area contributed by atoms with Crippen LogP contribution in [0.3, 0.4) is 0 Å². The Balaban J connectivity index is 1.89. The van der Waals surface area contributed by atoms with Crippen molar-refractivity contribution in [2.45, 2.75) is 25.4 Å². The van der Waals surface area contributed by atoms with Crippen molar-refractivity contribution in [2.24, 2.45) is 0 Å². The Bertz CT molecular complexity index is 635. The van der Waals surface area contributed by atoms with Gasteiger partial charge < -0.3 is 5.11 Å². The van der Waals surface area contributed by atoms with Crippen molar-refractivity contribution < 1.29 is 9.90 Å². The minimum Gasteiger partial charge on any atom is -0.393 e. The number of Topliss-reactive ketones (excluding diaryl/α,β-unsaturated/α-hetero) is 1. The van der Waals surface area contributed by atoms with Crippen LogP contribution in [0.15, 0.2) is 53.1 Å². The number of rotatable bonds is 1. The predicted octanol–water partition coefficient (Wildman–Crippen LogP) is 3.70. The third kappa shape index (κ3) is 2.62.